The predicted octanol–water partition coefficient (Wildman–Crippen LogP) is 3.34. The number of hydrogen-bond donors (Lipinski definition) is 1. The van der Waals surface area contributed by atoms with Crippen molar-refractivity contribution < 1.29 is 18.7 Å². The van der Waals surface area contributed by atoms with Gasteiger partial charge in [0.2, 0.25) is 5.88 Å². The van der Waals surface area contributed by atoms with E-state index in [1.165, 1.54) is 18.3 Å². The second-order valence-corrected chi connectivity index (χ2v) is 6.52. The first-order chi connectivity index (χ1) is 12.6. The Morgan fingerprint density at radius 1 is 1.35 bits per heavy atom. The Morgan fingerprint density at radius 3 is 2.85 bits per heavy atom. The molecule has 6 heteroatoms. The number of carbonyl (C=O) groups excluding carboxylic acids is 1. The molecule has 1 aromatic carbocycles. The maximum atomic E-state index is 13.2. The molecular weight excluding hydrogens is 335 g/mol. The number of amides is 1. The first-order valence-electron chi connectivity index (χ1n) is 8.84. The van der Waals surface area contributed by atoms with Crippen molar-refractivity contribution in [1.82, 2.24) is 10.3 Å². The van der Waals surface area contributed by atoms with Gasteiger partial charge >= 0.3 is 0 Å². The van der Waals surface area contributed by atoms with Crippen LogP contribution in [0.1, 0.15) is 35.7 Å². The van der Waals surface area contributed by atoms with E-state index in [1.807, 2.05) is 6.92 Å². The Kier molecular flexibility index (Phi) is 6.17. The number of rotatable bonds is 6. The fourth-order valence-corrected chi connectivity index (χ4v) is 3.01. The molecule has 0 unspecified atom stereocenters. The molecule has 1 aliphatic rings. The molecule has 1 aliphatic heterocycles. The van der Waals surface area contributed by atoms with Crippen molar-refractivity contribution >= 4 is 5.91 Å². The maximum absolute atomic E-state index is 13.2. The number of carbonyl (C=O) groups is 1. The van der Waals surface area contributed by atoms with Gasteiger partial charge in [-0.2, -0.15) is 0 Å². The van der Waals surface area contributed by atoms with E-state index in [-0.39, 0.29) is 24.4 Å². The average Bonchev–Trinajstić information content (AvgIpc) is 2.67. The third-order valence-corrected chi connectivity index (χ3v) is 4.61. The van der Waals surface area contributed by atoms with Crippen LogP contribution in [0.5, 0.6) is 5.88 Å². The van der Waals surface area contributed by atoms with Crippen molar-refractivity contribution in [3.63, 3.8) is 0 Å². The molecule has 0 bridgehead atoms. The Morgan fingerprint density at radius 2 is 2.15 bits per heavy atom. The summed E-state index contributed by atoms with van der Waals surface area (Å²) >= 11 is 0. The van der Waals surface area contributed by atoms with Gasteiger partial charge in [0, 0.05) is 31.5 Å². The van der Waals surface area contributed by atoms with Gasteiger partial charge in [-0.15, -0.1) is 0 Å². The molecule has 1 N–H and O–H groups in total. The predicted molar refractivity (Wildman–Crippen MR) is 95.4 cm³/mol. The normalized spacial score (nSPS) is 16.1. The van der Waals surface area contributed by atoms with Crippen molar-refractivity contribution in [1.29, 1.82) is 0 Å². The minimum absolute atomic E-state index is 0.0929. The quantitative estimate of drug-likeness (QED) is 0.860. The molecule has 1 fully saturated rings. The van der Waals surface area contributed by atoms with E-state index in [1.54, 1.807) is 24.3 Å². The summed E-state index contributed by atoms with van der Waals surface area (Å²) in [7, 11) is 0. The highest BCUT2D eigenvalue weighted by Crippen LogP contribution is 2.19. The van der Waals surface area contributed by atoms with Crippen LogP contribution in [0.25, 0.3) is 0 Å². The fraction of sp³-hybridized carbons (Fsp3) is 0.400. The zero-order chi connectivity index (χ0) is 18.4. The smallest absolute Gasteiger partial charge is 0.253 e. The topological polar surface area (TPSA) is 60.5 Å². The molecule has 0 radical (unpaired) electrons. The van der Waals surface area contributed by atoms with E-state index in [2.05, 4.69) is 10.3 Å². The van der Waals surface area contributed by atoms with Gasteiger partial charge in [0.25, 0.3) is 5.91 Å². The van der Waals surface area contributed by atoms with Crippen molar-refractivity contribution in [2.45, 2.75) is 32.4 Å². The van der Waals surface area contributed by atoms with Crippen LogP contribution in [-0.2, 0) is 11.3 Å². The van der Waals surface area contributed by atoms with E-state index in [0.29, 0.717) is 17.4 Å². The lowest BCUT2D eigenvalue weighted by molar-refractivity contribution is 0.0538. The summed E-state index contributed by atoms with van der Waals surface area (Å²) < 4.78 is 24.0. The van der Waals surface area contributed by atoms with Crippen LogP contribution in [0.4, 0.5) is 4.39 Å². The number of halogens is 1. The minimum atomic E-state index is -0.301. The molecular formula is C20H23FN2O3. The maximum Gasteiger partial charge on any atom is 0.253 e. The van der Waals surface area contributed by atoms with Gasteiger partial charge < -0.3 is 14.8 Å². The highest BCUT2D eigenvalue weighted by atomic mass is 19.1. The van der Waals surface area contributed by atoms with Crippen LogP contribution in [0.2, 0.25) is 0 Å². The summed E-state index contributed by atoms with van der Waals surface area (Å²) in [6, 6.07) is 9.63. The number of ether oxygens (including phenoxy) is 2. The molecule has 1 amide bonds. The lowest BCUT2D eigenvalue weighted by Gasteiger charge is -2.28. The number of pyridine rings is 1. The molecule has 0 saturated carbocycles. The van der Waals surface area contributed by atoms with Gasteiger partial charge in [-0.1, -0.05) is 12.1 Å². The molecule has 26 heavy (non-hydrogen) atoms. The summed E-state index contributed by atoms with van der Waals surface area (Å²) in [5.74, 6) is 0.385. The van der Waals surface area contributed by atoms with E-state index >= 15 is 0 Å². The molecule has 0 aliphatic carbocycles. The summed E-state index contributed by atoms with van der Waals surface area (Å²) in [5, 5.41) is 3.03. The van der Waals surface area contributed by atoms with Gasteiger partial charge in [-0.3, -0.25) is 4.79 Å². The highest BCUT2D eigenvalue weighted by Gasteiger charge is 2.22. The Hall–Kier alpha value is -2.47. The summed E-state index contributed by atoms with van der Waals surface area (Å²) in [5.41, 5.74) is 1.21. The Labute approximate surface area is 152 Å². The van der Waals surface area contributed by atoms with E-state index < -0.39 is 0 Å². The van der Waals surface area contributed by atoms with Gasteiger partial charge in [-0.05, 0) is 49.4 Å². The van der Waals surface area contributed by atoms with Crippen LogP contribution >= 0.6 is 0 Å². The molecule has 138 valence electrons. The van der Waals surface area contributed by atoms with Gasteiger partial charge in [0.05, 0.1) is 5.56 Å². The number of hydrogen-bond acceptors (Lipinski definition) is 4. The zero-order valence-corrected chi connectivity index (χ0v) is 14.8. The summed E-state index contributed by atoms with van der Waals surface area (Å²) in [4.78, 5) is 16.5. The monoisotopic (exact) mass is 358 g/mol. The average molecular weight is 358 g/mol. The fourth-order valence-electron chi connectivity index (χ4n) is 3.01. The zero-order valence-electron chi connectivity index (χ0n) is 14.8. The third kappa shape index (κ3) is 5.02. The molecule has 1 saturated heterocycles. The Balaban J connectivity index is 1.52. The van der Waals surface area contributed by atoms with Crippen LogP contribution in [-0.4, -0.2) is 30.1 Å². The lowest BCUT2D eigenvalue weighted by atomic mass is 9.93. The number of aromatic nitrogens is 1. The molecule has 1 aromatic heterocycles. The van der Waals surface area contributed by atoms with E-state index in [4.69, 9.17) is 9.47 Å². The molecule has 5 nitrogen and oxygen atoms in total. The van der Waals surface area contributed by atoms with Crippen LogP contribution < -0.4 is 10.1 Å². The van der Waals surface area contributed by atoms with Gasteiger partial charge in [0.1, 0.15) is 12.4 Å². The van der Waals surface area contributed by atoms with Crippen molar-refractivity contribution in [3.05, 3.63) is 59.5 Å². The van der Waals surface area contributed by atoms with Crippen LogP contribution in [0, 0.1) is 11.7 Å². The van der Waals surface area contributed by atoms with Gasteiger partial charge in [-0.25, -0.2) is 9.37 Å². The first-order valence-corrected chi connectivity index (χ1v) is 8.84. The standard InChI is InChI=1S/C20H23FN2O3/c1-14(16-7-9-25-10-8-16)23-20(24)17-5-6-19(22-12-17)26-13-15-3-2-4-18(21)11-15/h2-6,11-12,14,16H,7-10,13H2,1H3,(H,23,24)/t14-/m1/s1. The molecule has 2 aromatic rings. The number of nitrogens with zero attached hydrogens (tertiary/aromatic N) is 1. The SMILES string of the molecule is C[C@@H](NC(=O)c1ccc(OCc2cccc(F)c2)nc1)C1CCOCC1. The molecule has 1 atom stereocenters. The number of benzene rings is 1. The molecule has 0 spiro atoms. The Bertz CT molecular complexity index is 730. The van der Waals surface area contributed by atoms with E-state index in [0.717, 1.165) is 31.6 Å². The summed E-state index contributed by atoms with van der Waals surface area (Å²) in [6.07, 6.45) is 3.42. The lowest BCUT2D eigenvalue weighted by Crippen LogP contribution is -2.40. The van der Waals surface area contributed by atoms with Crippen LogP contribution in [0.15, 0.2) is 42.6 Å². The number of nitrogens with one attached hydrogen (secondary N) is 1. The third-order valence-electron chi connectivity index (χ3n) is 4.61. The second-order valence-electron chi connectivity index (χ2n) is 6.52. The highest BCUT2D eigenvalue weighted by molar-refractivity contribution is 5.94. The molecule has 2 heterocycles. The van der Waals surface area contributed by atoms with Crippen molar-refractivity contribution in [2.24, 2.45) is 5.92 Å². The molecule has 3 rings (SSSR count). The largest absolute Gasteiger partial charge is 0.473 e. The first kappa shape index (κ1) is 18.3. The van der Waals surface area contributed by atoms with Gasteiger partial charge in [0.15, 0.2) is 0 Å². The minimum Gasteiger partial charge on any atom is -0.473 e. The van der Waals surface area contributed by atoms with Crippen LogP contribution in [0.3, 0.4) is 0 Å². The van der Waals surface area contributed by atoms with Crippen molar-refractivity contribution in [2.75, 3.05) is 13.2 Å². The summed E-state index contributed by atoms with van der Waals surface area (Å²) in [6.45, 7) is 3.75. The van der Waals surface area contributed by atoms with Crippen molar-refractivity contribution in [3.8, 4) is 5.88 Å². The second kappa shape index (κ2) is 8.76. The van der Waals surface area contributed by atoms with E-state index in [9.17, 15) is 9.18 Å².